The summed E-state index contributed by atoms with van der Waals surface area (Å²) in [5.41, 5.74) is -1.46. The maximum Gasteiger partial charge on any atom is 0.287 e. The van der Waals surface area contributed by atoms with E-state index in [4.69, 9.17) is 5.26 Å². The van der Waals surface area contributed by atoms with Crippen molar-refractivity contribution in [2.24, 2.45) is 5.92 Å². The lowest BCUT2D eigenvalue weighted by molar-refractivity contribution is -0.385. The van der Waals surface area contributed by atoms with Crippen molar-refractivity contribution in [2.45, 2.75) is 32.4 Å². The molecule has 0 unspecified atom stereocenters. The molecule has 2 rings (SSSR count). The Balaban J connectivity index is 2.20. The molecule has 8 heteroatoms. The van der Waals surface area contributed by atoms with Gasteiger partial charge in [0.15, 0.2) is 0 Å². The van der Waals surface area contributed by atoms with E-state index in [-0.39, 0.29) is 18.2 Å². The molecular weight excluding hydrogens is 276 g/mol. The number of carbonyl (C=O) groups is 1. The van der Waals surface area contributed by atoms with Gasteiger partial charge in [0.25, 0.3) is 11.2 Å². The standard InChI is InChI=1S/C13H14N4O4/c1-8(9-2-3-9)15-12(18)7-16-6-11(17(20)21)4-10(5-14)13(16)19/h4,6,8-9H,2-3,7H2,1H3,(H,15,18)/t8-/m1/s1. The van der Waals surface area contributed by atoms with E-state index in [1.54, 1.807) is 6.07 Å². The Bertz CT molecular complexity index is 684. The van der Waals surface area contributed by atoms with Crippen molar-refractivity contribution in [3.8, 4) is 6.07 Å². The maximum atomic E-state index is 11.9. The normalized spacial score (nSPS) is 15.0. The number of pyridine rings is 1. The van der Waals surface area contributed by atoms with Gasteiger partial charge < -0.3 is 5.32 Å². The largest absolute Gasteiger partial charge is 0.352 e. The number of nitrogens with zero attached hydrogens (tertiary/aromatic N) is 3. The van der Waals surface area contributed by atoms with Gasteiger partial charge in [0, 0.05) is 12.1 Å². The van der Waals surface area contributed by atoms with E-state index in [9.17, 15) is 19.7 Å². The smallest absolute Gasteiger partial charge is 0.287 e. The number of rotatable bonds is 5. The molecule has 1 aromatic rings. The van der Waals surface area contributed by atoms with Crippen LogP contribution >= 0.6 is 0 Å². The Morgan fingerprint density at radius 3 is 2.86 bits per heavy atom. The molecule has 1 aromatic heterocycles. The van der Waals surface area contributed by atoms with Crippen molar-refractivity contribution in [3.05, 3.63) is 38.3 Å². The van der Waals surface area contributed by atoms with Crippen molar-refractivity contribution in [1.82, 2.24) is 9.88 Å². The predicted octanol–water partition coefficient (Wildman–Crippen LogP) is 0.543. The molecule has 1 N–H and O–H groups in total. The van der Waals surface area contributed by atoms with Crippen LogP contribution in [0.2, 0.25) is 0 Å². The van der Waals surface area contributed by atoms with Gasteiger partial charge in [-0.1, -0.05) is 0 Å². The molecule has 1 saturated carbocycles. The number of amides is 1. The SMILES string of the molecule is C[C@@H](NC(=O)Cn1cc([N+](=O)[O-])cc(C#N)c1=O)C1CC1. The summed E-state index contributed by atoms with van der Waals surface area (Å²) < 4.78 is 0.894. The van der Waals surface area contributed by atoms with Crippen LogP contribution in [0.25, 0.3) is 0 Å². The van der Waals surface area contributed by atoms with Crippen molar-refractivity contribution in [3.63, 3.8) is 0 Å². The first-order chi connectivity index (χ1) is 9.92. The van der Waals surface area contributed by atoms with Gasteiger partial charge in [-0.05, 0) is 25.7 Å². The summed E-state index contributed by atoms with van der Waals surface area (Å²) in [7, 11) is 0. The van der Waals surface area contributed by atoms with Crippen LogP contribution in [0.15, 0.2) is 17.1 Å². The van der Waals surface area contributed by atoms with Gasteiger partial charge in [0.05, 0.1) is 11.1 Å². The molecule has 0 aromatic carbocycles. The second kappa shape index (κ2) is 5.75. The van der Waals surface area contributed by atoms with Gasteiger partial charge in [0.1, 0.15) is 18.2 Å². The molecule has 8 nitrogen and oxygen atoms in total. The number of hydrogen-bond acceptors (Lipinski definition) is 5. The highest BCUT2D eigenvalue weighted by Crippen LogP contribution is 2.32. The Labute approximate surface area is 120 Å². The van der Waals surface area contributed by atoms with E-state index in [1.807, 2.05) is 6.92 Å². The van der Waals surface area contributed by atoms with Crippen LogP contribution in [-0.4, -0.2) is 21.4 Å². The van der Waals surface area contributed by atoms with Crippen molar-refractivity contribution < 1.29 is 9.72 Å². The molecule has 0 saturated heterocycles. The van der Waals surface area contributed by atoms with Crippen LogP contribution in [0, 0.1) is 27.4 Å². The third kappa shape index (κ3) is 3.45. The van der Waals surface area contributed by atoms with Crippen LogP contribution in [0.1, 0.15) is 25.3 Å². The molecule has 0 spiro atoms. The molecule has 1 aliphatic rings. The van der Waals surface area contributed by atoms with Crippen LogP contribution < -0.4 is 10.9 Å². The summed E-state index contributed by atoms with van der Waals surface area (Å²) in [5.74, 6) is 0.0614. The van der Waals surface area contributed by atoms with Gasteiger partial charge in [-0.25, -0.2) is 0 Å². The zero-order valence-electron chi connectivity index (χ0n) is 11.4. The van der Waals surface area contributed by atoms with Gasteiger partial charge in [-0.3, -0.25) is 24.3 Å². The topological polar surface area (TPSA) is 118 Å². The zero-order chi connectivity index (χ0) is 15.6. The first-order valence-corrected chi connectivity index (χ1v) is 6.50. The lowest BCUT2D eigenvalue weighted by atomic mass is 10.2. The van der Waals surface area contributed by atoms with Crippen molar-refractivity contribution in [2.75, 3.05) is 0 Å². The predicted molar refractivity (Wildman–Crippen MR) is 72.4 cm³/mol. The van der Waals surface area contributed by atoms with Crippen molar-refractivity contribution >= 4 is 11.6 Å². The minimum atomic E-state index is -0.711. The lowest BCUT2D eigenvalue weighted by Gasteiger charge is -2.13. The number of nitro groups is 1. The van der Waals surface area contributed by atoms with E-state index >= 15 is 0 Å². The van der Waals surface area contributed by atoms with Crippen LogP contribution in [-0.2, 0) is 11.3 Å². The fraction of sp³-hybridized carbons (Fsp3) is 0.462. The zero-order valence-corrected chi connectivity index (χ0v) is 11.4. The molecule has 1 amide bonds. The summed E-state index contributed by atoms with van der Waals surface area (Å²) in [6.07, 6.45) is 3.11. The maximum absolute atomic E-state index is 11.9. The summed E-state index contributed by atoms with van der Waals surface area (Å²) in [6, 6.07) is 2.53. The van der Waals surface area contributed by atoms with E-state index in [1.165, 1.54) is 0 Å². The molecule has 1 atom stereocenters. The van der Waals surface area contributed by atoms with Gasteiger partial charge >= 0.3 is 0 Å². The molecule has 1 heterocycles. The average Bonchev–Trinajstić information content (AvgIpc) is 3.25. The van der Waals surface area contributed by atoms with Crippen molar-refractivity contribution in [1.29, 1.82) is 5.26 Å². The molecule has 0 aliphatic heterocycles. The Hall–Kier alpha value is -2.69. The fourth-order valence-electron chi connectivity index (χ4n) is 2.09. The number of aromatic nitrogens is 1. The first-order valence-electron chi connectivity index (χ1n) is 6.50. The minimum absolute atomic E-state index is 0.0161. The van der Waals surface area contributed by atoms with Gasteiger partial charge in [-0.15, -0.1) is 0 Å². The molecular formula is C13H14N4O4. The fourth-order valence-corrected chi connectivity index (χ4v) is 2.09. The Kier molecular flexibility index (Phi) is 4.03. The van der Waals surface area contributed by atoms with E-state index < -0.39 is 22.1 Å². The van der Waals surface area contributed by atoms with E-state index in [2.05, 4.69) is 5.32 Å². The minimum Gasteiger partial charge on any atom is -0.352 e. The van der Waals surface area contributed by atoms with E-state index in [0.29, 0.717) is 5.92 Å². The molecule has 21 heavy (non-hydrogen) atoms. The number of nitriles is 1. The third-order valence-electron chi connectivity index (χ3n) is 3.43. The van der Waals surface area contributed by atoms with Crippen LogP contribution in [0.5, 0.6) is 0 Å². The van der Waals surface area contributed by atoms with Gasteiger partial charge in [-0.2, -0.15) is 5.26 Å². The highest BCUT2D eigenvalue weighted by molar-refractivity contribution is 5.76. The summed E-state index contributed by atoms with van der Waals surface area (Å²) in [6.45, 7) is 1.54. The molecule has 110 valence electrons. The monoisotopic (exact) mass is 290 g/mol. The second-order valence-electron chi connectivity index (χ2n) is 5.11. The van der Waals surface area contributed by atoms with Gasteiger partial charge in [0.2, 0.25) is 5.91 Å². The van der Waals surface area contributed by atoms with Crippen LogP contribution in [0.4, 0.5) is 5.69 Å². The molecule has 0 bridgehead atoms. The average molecular weight is 290 g/mol. The number of hydrogen-bond donors (Lipinski definition) is 1. The summed E-state index contributed by atoms with van der Waals surface area (Å²) in [5, 5.41) is 22.3. The number of carbonyl (C=O) groups excluding carboxylic acids is 1. The Morgan fingerprint density at radius 1 is 1.67 bits per heavy atom. The quantitative estimate of drug-likeness (QED) is 0.627. The molecule has 0 radical (unpaired) electrons. The molecule has 1 fully saturated rings. The molecule has 1 aliphatic carbocycles. The number of nitrogens with one attached hydrogen (secondary N) is 1. The third-order valence-corrected chi connectivity index (χ3v) is 3.43. The summed E-state index contributed by atoms with van der Waals surface area (Å²) >= 11 is 0. The second-order valence-corrected chi connectivity index (χ2v) is 5.11. The highest BCUT2D eigenvalue weighted by atomic mass is 16.6. The van der Waals surface area contributed by atoms with E-state index in [0.717, 1.165) is 29.7 Å². The highest BCUT2D eigenvalue weighted by Gasteiger charge is 2.29. The Morgan fingerprint density at radius 2 is 2.33 bits per heavy atom. The summed E-state index contributed by atoms with van der Waals surface area (Å²) in [4.78, 5) is 33.8. The lowest BCUT2D eigenvalue weighted by Crippen LogP contribution is -2.38. The first kappa shape index (κ1) is 14.7. The van der Waals surface area contributed by atoms with Crippen LogP contribution in [0.3, 0.4) is 0 Å².